The fourth-order valence-corrected chi connectivity index (χ4v) is 3.84. The molecule has 0 aliphatic carbocycles. The van der Waals surface area contributed by atoms with Crippen molar-refractivity contribution < 1.29 is 32.6 Å². The third-order valence-corrected chi connectivity index (χ3v) is 5.50. The Hall–Kier alpha value is -4.24. The molecule has 0 radical (unpaired) electrons. The lowest BCUT2D eigenvalue weighted by molar-refractivity contribution is -0.192. The summed E-state index contributed by atoms with van der Waals surface area (Å²) >= 11 is 0. The number of hydrogen-bond donors (Lipinski definition) is 2. The maximum atomic E-state index is 12.5. The molecule has 3 N–H and O–H groups in total. The van der Waals surface area contributed by atoms with Gasteiger partial charge in [-0.05, 0) is 37.5 Å². The van der Waals surface area contributed by atoms with Crippen molar-refractivity contribution in [2.24, 2.45) is 5.73 Å². The number of aromatic nitrogens is 2. The minimum Gasteiger partial charge on any atom is -0.475 e. The third-order valence-electron chi connectivity index (χ3n) is 5.50. The number of fused-ring (bicyclic) bond motifs is 4. The van der Waals surface area contributed by atoms with Gasteiger partial charge in [-0.3, -0.25) is 9.59 Å². The number of carboxylic acid groups (broad SMARTS) is 1. The summed E-state index contributed by atoms with van der Waals surface area (Å²) in [5.74, 6) is -3.19. The first kappa shape index (κ1) is 26.4. The highest BCUT2D eigenvalue weighted by Gasteiger charge is 2.38. The van der Waals surface area contributed by atoms with Crippen LogP contribution in [0, 0.1) is 18.3 Å². The number of carbonyl (C=O) groups is 2. The molecule has 0 saturated heterocycles. The summed E-state index contributed by atoms with van der Waals surface area (Å²) in [6.07, 6.45) is -3.83. The Morgan fingerprint density at radius 2 is 1.97 bits per heavy atom. The Morgan fingerprint density at radius 3 is 2.58 bits per heavy atom. The standard InChI is InChI=1S/C22H20N4O3.C2HF3O2/c1-13-7-8-18-21-16(12-26(18)22(13)28)15(10-23)20-14(4-2-6-17(20)25-21)5-3-9-29-19(27)11-24;3-2(4,5)1(6)7/h2,4,6-8H,3,5,9,11-12,24H2,1H3;(H,6,7). The van der Waals surface area contributed by atoms with Crippen LogP contribution in [0.4, 0.5) is 13.2 Å². The summed E-state index contributed by atoms with van der Waals surface area (Å²) in [4.78, 5) is 37.4. The molecule has 188 valence electrons. The van der Waals surface area contributed by atoms with Crippen LogP contribution < -0.4 is 11.3 Å². The molecule has 0 saturated carbocycles. The van der Waals surface area contributed by atoms with E-state index in [-0.39, 0.29) is 18.7 Å². The number of alkyl halides is 3. The van der Waals surface area contributed by atoms with Crippen molar-refractivity contribution >= 4 is 22.8 Å². The van der Waals surface area contributed by atoms with Crippen LogP contribution in [0.5, 0.6) is 0 Å². The van der Waals surface area contributed by atoms with Crippen molar-refractivity contribution in [3.63, 3.8) is 0 Å². The molecule has 1 aromatic carbocycles. The number of carboxylic acids is 1. The molecule has 0 amide bonds. The minimum atomic E-state index is -5.08. The number of aryl methyl sites for hydroxylation is 2. The Balaban J connectivity index is 0.000000454. The van der Waals surface area contributed by atoms with E-state index < -0.39 is 18.1 Å². The zero-order valence-electron chi connectivity index (χ0n) is 19.1. The average molecular weight is 502 g/mol. The number of halogens is 3. The van der Waals surface area contributed by atoms with E-state index in [9.17, 15) is 28.0 Å². The summed E-state index contributed by atoms with van der Waals surface area (Å²) < 4.78 is 38.5. The fraction of sp³-hybridized carbons (Fsp3) is 0.292. The molecular formula is C24H21F3N4O5. The molecule has 12 heteroatoms. The van der Waals surface area contributed by atoms with Crippen LogP contribution in [0.15, 0.2) is 35.1 Å². The molecule has 4 rings (SSSR count). The summed E-state index contributed by atoms with van der Waals surface area (Å²) in [5, 5.41) is 17.9. The molecule has 0 fully saturated rings. The summed E-state index contributed by atoms with van der Waals surface area (Å²) in [7, 11) is 0. The maximum Gasteiger partial charge on any atom is 0.490 e. The van der Waals surface area contributed by atoms with Crippen LogP contribution in [0.25, 0.3) is 22.3 Å². The summed E-state index contributed by atoms with van der Waals surface area (Å²) in [5.41, 5.74) is 10.3. The second-order valence-electron chi connectivity index (χ2n) is 7.86. The van der Waals surface area contributed by atoms with Gasteiger partial charge in [-0.1, -0.05) is 18.2 Å². The molecule has 9 nitrogen and oxygen atoms in total. The lowest BCUT2D eigenvalue weighted by atomic mass is 9.95. The van der Waals surface area contributed by atoms with Crippen molar-refractivity contribution in [3.8, 4) is 17.5 Å². The predicted octanol–water partition coefficient (Wildman–Crippen LogP) is 2.67. The monoisotopic (exact) mass is 502 g/mol. The molecule has 0 spiro atoms. The second-order valence-corrected chi connectivity index (χ2v) is 7.86. The molecule has 36 heavy (non-hydrogen) atoms. The molecule has 1 aliphatic rings. The van der Waals surface area contributed by atoms with Crippen LogP contribution in [0.2, 0.25) is 0 Å². The van der Waals surface area contributed by atoms with Crippen molar-refractivity contribution in [3.05, 3.63) is 62.9 Å². The van der Waals surface area contributed by atoms with E-state index in [1.165, 1.54) is 0 Å². The van der Waals surface area contributed by atoms with E-state index >= 15 is 0 Å². The highest BCUT2D eigenvalue weighted by Crippen LogP contribution is 2.36. The topological polar surface area (TPSA) is 148 Å². The number of esters is 1. The van der Waals surface area contributed by atoms with Gasteiger partial charge in [-0.2, -0.15) is 18.4 Å². The van der Waals surface area contributed by atoms with E-state index in [4.69, 9.17) is 25.4 Å². The van der Waals surface area contributed by atoms with Gasteiger partial charge in [0, 0.05) is 16.5 Å². The van der Waals surface area contributed by atoms with Gasteiger partial charge in [0.05, 0.1) is 42.2 Å². The lowest BCUT2D eigenvalue weighted by Gasteiger charge is -2.11. The van der Waals surface area contributed by atoms with E-state index in [1.807, 2.05) is 24.3 Å². The summed E-state index contributed by atoms with van der Waals surface area (Å²) in [6, 6.07) is 11.8. The number of nitrogens with two attached hydrogens (primary N) is 1. The first-order valence-corrected chi connectivity index (χ1v) is 10.7. The quantitative estimate of drug-likeness (QED) is 0.313. The second kappa shape index (κ2) is 10.6. The van der Waals surface area contributed by atoms with E-state index in [0.717, 1.165) is 27.7 Å². The summed E-state index contributed by atoms with van der Waals surface area (Å²) in [6.45, 7) is 2.26. The Bertz CT molecular complexity index is 1440. The Kier molecular flexibility index (Phi) is 7.74. The molecule has 0 atom stereocenters. The van der Waals surface area contributed by atoms with Gasteiger partial charge in [-0.15, -0.1) is 0 Å². The minimum absolute atomic E-state index is 0.0598. The maximum absolute atomic E-state index is 12.5. The first-order valence-electron chi connectivity index (χ1n) is 10.7. The number of nitriles is 1. The van der Waals surface area contributed by atoms with Gasteiger partial charge in [0.1, 0.15) is 6.07 Å². The van der Waals surface area contributed by atoms with E-state index in [2.05, 4.69) is 6.07 Å². The van der Waals surface area contributed by atoms with Gasteiger partial charge in [-0.25, -0.2) is 9.78 Å². The van der Waals surface area contributed by atoms with Gasteiger partial charge >= 0.3 is 18.1 Å². The zero-order valence-corrected chi connectivity index (χ0v) is 19.1. The van der Waals surface area contributed by atoms with Gasteiger partial charge in [0.25, 0.3) is 5.56 Å². The predicted molar refractivity (Wildman–Crippen MR) is 122 cm³/mol. The van der Waals surface area contributed by atoms with E-state index in [1.54, 1.807) is 17.6 Å². The highest BCUT2D eigenvalue weighted by atomic mass is 19.4. The number of rotatable bonds is 5. The molecule has 0 bridgehead atoms. The van der Waals surface area contributed by atoms with Gasteiger partial charge in [0.2, 0.25) is 0 Å². The number of benzene rings is 1. The largest absolute Gasteiger partial charge is 0.490 e. The number of aliphatic carboxylic acids is 1. The average Bonchev–Trinajstić information content (AvgIpc) is 3.21. The molecule has 0 unspecified atom stereocenters. The number of hydrogen-bond acceptors (Lipinski definition) is 7. The number of carbonyl (C=O) groups excluding carboxylic acids is 1. The van der Waals surface area contributed by atoms with Gasteiger partial charge in [0.15, 0.2) is 0 Å². The fourth-order valence-electron chi connectivity index (χ4n) is 3.84. The SMILES string of the molecule is Cc1ccc2n(c1=O)Cc1c-2nc2cccc(CCCOC(=O)CN)c2c1C#N.O=C(O)C(F)(F)F. The normalized spacial score (nSPS) is 11.7. The molecular weight excluding hydrogens is 481 g/mol. The molecule has 1 aliphatic heterocycles. The smallest absolute Gasteiger partial charge is 0.475 e. The van der Waals surface area contributed by atoms with Crippen LogP contribution >= 0.6 is 0 Å². The zero-order chi connectivity index (χ0) is 26.6. The van der Waals surface area contributed by atoms with Crippen LogP contribution in [-0.4, -0.2) is 45.9 Å². The van der Waals surface area contributed by atoms with Crippen LogP contribution in [-0.2, 0) is 27.3 Å². The number of ether oxygens (including phenoxy) is 1. The van der Waals surface area contributed by atoms with Crippen LogP contribution in [0.3, 0.4) is 0 Å². The van der Waals surface area contributed by atoms with Crippen LogP contribution in [0.1, 0.15) is 28.7 Å². The molecule has 2 aromatic heterocycles. The third kappa shape index (κ3) is 5.36. The molecule has 3 aromatic rings. The van der Waals surface area contributed by atoms with E-state index in [0.29, 0.717) is 36.2 Å². The van der Waals surface area contributed by atoms with Crippen molar-refractivity contribution in [1.29, 1.82) is 5.26 Å². The number of pyridine rings is 2. The number of nitrogens with zero attached hydrogens (tertiary/aromatic N) is 3. The van der Waals surface area contributed by atoms with Crippen molar-refractivity contribution in [2.75, 3.05) is 13.2 Å². The molecule has 3 heterocycles. The first-order chi connectivity index (χ1) is 17.0. The Morgan fingerprint density at radius 1 is 1.28 bits per heavy atom. The van der Waals surface area contributed by atoms with Crippen molar-refractivity contribution in [2.45, 2.75) is 32.5 Å². The van der Waals surface area contributed by atoms with Crippen molar-refractivity contribution in [1.82, 2.24) is 9.55 Å². The highest BCUT2D eigenvalue weighted by molar-refractivity contribution is 5.92. The van der Waals surface area contributed by atoms with Gasteiger partial charge < -0.3 is 20.1 Å². The Labute approximate surface area is 202 Å². The lowest BCUT2D eigenvalue weighted by Crippen LogP contribution is -2.21.